The van der Waals surface area contributed by atoms with Crippen LogP contribution in [0.25, 0.3) is 16.9 Å². The molecule has 1 saturated heterocycles. The second kappa shape index (κ2) is 7.68. The standard InChI is InChI=1S/C23H26N4O/c1-3-26-10-8-17(9-11-26)19-6-7-22-25-21(13-23(28)27(22)15-19)18-5-4-16(2)20(12-18)14-24/h4-7,12-15,17,24H,3,8-11H2,1-2H3. The SMILES string of the molecule is CCN1CCC(c2ccc3nc(-c4ccc(C)c(C=N)c4)cc(=O)n3c2)CC1. The highest BCUT2D eigenvalue weighted by Crippen LogP contribution is 2.28. The van der Waals surface area contributed by atoms with E-state index in [-0.39, 0.29) is 5.56 Å². The van der Waals surface area contributed by atoms with E-state index in [9.17, 15) is 4.79 Å². The van der Waals surface area contributed by atoms with Crippen LogP contribution >= 0.6 is 0 Å². The Labute approximate surface area is 165 Å². The summed E-state index contributed by atoms with van der Waals surface area (Å²) in [6.07, 6.45) is 5.58. The van der Waals surface area contributed by atoms with Crippen LogP contribution in [-0.4, -0.2) is 40.1 Å². The van der Waals surface area contributed by atoms with E-state index < -0.39 is 0 Å². The van der Waals surface area contributed by atoms with Gasteiger partial charge < -0.3 is 10.3 Å². The molecule has 0 aliphatic carbocycles. The van der Waals surface area contributed by atoms with Crippen LogP contribution in [-0.2, 0) is 0 Å². The number of nitrogens with one attached hydrogen (secondary N) is 1. The zero-order valence-corrected chi connectivity index (χ0v) is 16.5. The van der Waals surface area contributed by atoms with Crippen molar-refractivity contribution in [1.29, 1.82) is 5.41 Å². The van der Waals surface area contributed by atoms with Crippen LogP contribution in [0.2, 0.25) is 0 Å². The highest BCUT2D eigenvalue weighted by atomic mass is 16.1. The van der Waals surface area contributed by atoms with Gasteiger partial charge in [-0.2, -0.15) is 0 Å². The Morgan fingerprint density at radius 1 is 1.18 bits per heavy atom. The number of aryl methyl sites for hydroxylation is 1. The summed E-state index contributed by atoms with van der Waals surface area (Å²) in [4.78, 5) is 20.0. The molecule has 5 nitrogen and oxygen atoms in total. The van der Waals surface area contributed by atoms with E-state index in [1.165, 1.54) is 11.8 Å². The molecule has 1 N–H and O–H groups in total. The second-order valence-electron chi connectivity index (χ2n) is 7.59. The Morgan fingerprint density at radius 3 is 2.68 bits per heavy atom. The maximum Gasteiger partial charge on any atom is 0.258 e. The van der Waals surface area contributed by atoms with Gasteiger partial charge in [-0.05, 0) is 74.1 Å². The number of piperidine rings is 1. The first-order valence-electron chi connectivity index (χ1n) is 9.96. The van der Waals surface area contributed by atoms with E-state index >= 15 is 0 Å². The minimum atomic E-state index is -0.0650. The van der Waals surface area contributed by atoms with Gasteiger partial charge in [0.1, 0.15) is 5.65 Å². The highest BCUT2D eigenvalue weighted by Gasteiger charge is 2.20. The average Bonchev–Trinajstić information content (AvgIpc) is 2.74. The predicted molar refractivity (Wildman–Crippen MR) is 114 cm³/mol. The van der Waals surface area contributed by atoms with Crippen molar-refractivity contribution in [2.24, 2.45) is 0 Å². The van der Waals surface area contributed by atoms with E-state index in [0.29, 0.717) is 17.3 Å². The smallest absolute Gasteiger partial charge is 0.258 e. The number of nitrogens with zero attached hydrogens (tertiary/aromatic N) is 3. The molecule has 0 radical (unpaired) electrons. The molecule has 5 heteroatoms. The molecule has 28 heavy (non-hydrogen) atoms. The van der Waals surface area contributed by atoms with Gasteiger partial charge in [0, 0.05) is 24.0 Å². The molecule has 2 aromatic heterocycles. The molecule has 0 amide bonds. The maximum absolute atomic E-state index is 12.8. The van der Waals surface area contributed by atoms with Crippen LogP contribution in [0.5, 0.6) is 0 Å². The van der Waals surface area contributed by atoms with Crippen molar-refractivity contribution in [3.8, 4) is 11.3 Å². The highest BCUT2D eigenvalue weighted by molar-refractivity contribution is 5.82. The third-order valence-corrected chi connectivity index (χ3v) is 5.92. The van der Waals surface area contributed by atoms with E-state index in [1.54, 1.807) is 10.5 Å². The zero-order valence-electron chi connectivity index (χ0n) is 16.5. The van der Waals surface area contributed by atoms with Crippen molar-refractivity contribution >= 4 is 11.9 Å². The molecule has 1 aliphatic rings. The van der Waals surface area contributed by atoms with Gasteiger partial charge >= 0.3 is 0 Å². The third-order valence-electron chi connectivity index (χ3n) is 5.92. The summed E-state index contributed by atoms with van der Waals surface area (Å²) in [6.45, 7) is 7.52. The van der Waals surface area contributed by atoms with E-state index in [2.05, 4.69) is 17.9 Å². The number of hydrogen-bond acceptors (Lipinski definition) is 4. The first kappa shape index (κ1) is 18.6. The molecule has 144 valence electrons. The Bertz CT molecular complexity index is 1080. The van der Waals surface area contributed by atoms with Crippen molar-refractivity contribution in [3.05, 3.63) is 69.6 Å². The summed E-state index contributed by atoms with van der Waals surface area (Å²) in [5.74, 6) is 0.506. The molecule has 0 saturated carbocycles. The molecule has 3 heterocycles. The monoisotopic (exact) mass is 374 g/mol. The molecular formula is C23H26N4O. The van der Waals surface area contributed by atoms with Crippen molar-refractivity contribution in [3.63, 3.8) is 0 Å². The second-order valence-corrected chi connectivity index (χ2v) is 7.59. The quantitative estimate of drug-likeness (QED) is 0.705. The summed E-state index contributed by atoms with van der Waals surface area (Å²) in [7, 11) is 0. The van der Waals surface area contributed by atoms with Crippen molar-refractivity contribution < 1.29 is 0 Å². The summed E-state index contributed by atoms with van der Waals surface area (Å²) in [5, 5.41) is 7.55. The molecule has 1 fully saturated rings. The number of aromatic nitrogens is 2. The number of hydrogen-bond donors (Lipinski definition) is 1. The number of likely N-dealkylation sites (tertiary alicyclic amines) is 1. The maximum atomic E-state index is 12.8. The summed E-state index contributed by atoms with van der Waals surface area (Å²) in [6, 6.07) is 11.5. The zero-order chi connectivity index (χ0) is 19.7. The van der Waals surface area contributed by atoms with Crippen molar-refractivity contribution in [2.75, 3.05) is 19.6 Å². The van der Waals surface area contributed by atoms with Gasteiger partial charge in [0.05, 0.1) is 5.69 Å². The lowest BCUT2D eigenvalue weighted by atomic mass is 9.90. The van der Waals surface area contributed by atoms with E-state index in [0.717, 1.165) is 49.2 Å². The fourth-order valence-electron chi connectivity index (χ4n) is 4.05. The van der Waals surface area contributed by atoms with Gasteiger partial charge in [-0.15, -0.1) is 0 Å². The predicted octanol–water partition coefficient (Wildman–Crippen LogP) is 3.87. The van der Waals surface area contributed by atoms with E-state index in [1.807, 2.05) is 37.4 Å². The summed E-state index contributed by atoms with van der Waals surface area (Å²) >= 11 is 0. The van der Waals surface area contributed by atoms with Gasteiger partial charge in [-0.1, -0.05) is 25.1 Å². The lowest BCUT2D eigenvalue weighted by Crippen LogP contribution is -2.32. The van der Waals surface area contributed by atoms with Gasteiger partial charge in [-0.25, -0.2) is 4.98 Å². The topological polar surface area (TPSA) is 61.5 Å². The first-order chi connectivity index (χ1) is 13.6. The van der Waals surface area contributed by atoms with Gasteiger partial charge in [0.25, 0.3) is 5.56 Å². The molecule has 0 bridgehead atoms. The van der Waals surface area contributed by atoms with Gasteiger partial charge in [0.15, 0.2) is 0 Å². The fraction of sp³-hybridized carbons (Fsp3) is 0.348. The lowest BCUT2D eigenvalue weighted by Gasteiger charge is -2.31. The Hall–Kier alpha value is -2.79. The van der Waals surface area contributed by atoms with Crippen LogP contribution < -0.4 is 5.56 Å². The van der Waals surface area contributed by atoms with Crippen molar-refractivity contribution in [2.45, 2.75) is 32.6 Å². The number of pyridine rings is 1. The van der Waals surface area contributed by atoms with E-state index in [4.69, 9.17) is 10.4 Å². The van der Waals surface area contributed by atoms with Crippen molar-refractivity contribution in [1.82, 2.24) is 14.3 Å². The average molecular weight is 374 g/mol. The van der Waals surface area contributed by atoms with Gasteiger partial charge in [0.2, 0.25) is 0 Å². The largest absolute Gasteiger partial charge is 0.308 e. The number of fused-ring (bicyclic) bond motifs is 1. The van der Waals surface area contributed by atoms with Crippen LogP contribution in [0.1, 0.15) is 42.4 Å². The lowest BCUT2D eigenvalue weighted by molar-refractivity contribution is 0.222. The summed E-state index contributed by atoms with van der Waals surface area (Å²) < 4.78 is 1.66. The van der Waals surface area contributed by atoms with Crippen LogP contribution in [0.15, 0.2) is 47.4 Å². The molecule has 1 aromatic carbocycles. The molecule has 4 rings (SSSR count). The fourth-order valence-corrected chi connectivity index (χ4v) is 4.05. The molecule has 3 aromatic rings. The third kappa shape index (κ3) is 3.50. The molecule has 1 aliphatic heterocycles. The van der Waals surface area contributed by atoms with Crippen LogP contribution in [0, 0.1) is 12.3 Å². The summed E-state index contributed by atoms with van der Waals surface area (Å²) in [5.41, 5.74) is 5.21. The minimum Gasteiger partial charge on any atom is -0.308 e. The Balaban J connectivity index is 1.69. The number of benzene rings is 1. The Morgan fingerprint density at radius 2 is 1.96 bits per heavy atom. The first-order valence-corrected chi connectivity index (χ1v) is 9.96. The minimum absolute atomic E-state index is 0.0650. The Kier molecular flexibility index (Phi) is 5.09. The number of rotatable bonds is 4. The molecule has 0 atom stereocenters. The molecule has 0 spiro atoms. The molecular weight excluding hydrogens is 348 g/mol. The van der Waals surface area contributed by atoms with Crippen LogP contribution in [0.3, 0.4) is 0 Å². The van der Waals surface area contributed by atoms with Gasteiger partial charge in [-0.3, -0.25) is 9.20 Å². The molecule has 0 unspecified atom stereocenters. The normalized spacial score (nSPS) is 15.8. The van der Waals surface area contributed by atoms with Crippen LogP contribution in [0.4, 0.5) is 0 Å².